The van der Waals surface area contributed by atoms with Crippen molar-refractivity contribution in [2.75, 3.05) is 14.7 Å². The fraction of sp³-hybridized carbons (Fsp3) is 0.195. The molecular weight excluding hydrogens is 1460 g/mol. The maximum atomic E-state index is 13.5. The number of Topliss-reactive ketones (excluding diaryl/α,β-unsaturated/α-hetero) is 1. The molecule has 0 radical (unpaired) electrons. The van der Waals surface area contributed by atoms with E-state index in [0.717, 1.165) is 39.1 Å². The molecule has 0 spiro atoms. The number of nitrogens with zero attached hydrogens (tertiary/aromatic N) is 3. The smallest absolute Gasteiger partial charge is 0.233 e. The highest BCUT2D eigenvalue weighted by Crippen LogP contribution is 2.50. The minimum atomic E-state index is -0.803. The average Bonchev–Trinajstić information content (AvgIpc) is 0.753. The van der Waals surface area contributed by atoms with Crippen LogP contribution in [0.2, 0.25) is 0 Å². The van der Waals surface area contributed by atoms with E-state index in [-0.39, 0.29) is 143 Å². The Morgan fingerprint density at radius 1 is 0.361 bits per heavy atom. The molecule has 0 aromatic heterocycles. The third-order valence-corrected chi connectivity index (χ3v) is 19.2. The molecule has 3 saturated heterocycles. The van der Waals surface area contributed by atoms with Crippen LogP contribution in [0, 0.1) is 59.6 Å². The summed E-state index contributed by atoms with van der Waals surface area (Å²) < 4.78 is 91.8. The normalized spacial score (nSPS) is 17.3. The van der Waals surface area contributed by atoms with Crippen molar-refractivity contribution in [2.45, 2.75) is 89.0 Å². The lowest BCUT2D eigenvalue weighted by atomic mass is 9.78. The van der Waals surface area contributed by atoms with Gasteiger partial charge in [0.05, 0.1) is 48.1 Å². The van der Waals surface area contributed by atoms with E-state index in [1.807, 2.05) is 140 Å². The van der Waals surface area contributed by atoms with Gasteiger partial charge in [0.15, 0.2) is 5.78 Å². The van der Waals surface area contributed by atoms with Gasteiger partial charge in [-0.15, -0.1) is 0 Å². The number of ether oxygens (including phenoxy) is 2. The number of hydrogen-bond donors (Lipinski definition) is 2. The number of carbonyl (C=O) groups excluding carboxylic acids is 4. The fourth-order valence-electron chi connectivity index (χ4n) is 13.5. The van der Waals surface area contributed by atoms with Crippen LogP contribution in [-0.2, 0) is 27.6 Å². The highest BCUT2D eigenvalue weighted by molar-refractivity contribution is 7.59. The van der Waals surface area contributed by atoms with Gasteiger partial charge in [-0.25, -0.2) is 26.3 Å². The largest absolute Gasteiger partial charge is 0.489 e. The van der Waals surface area contributed by atoms with E-state index in [9.17, 15) is 55.7 Å². The number of aliphatic hydroxyl groups excluding tert-OH is 2. The standard InChI is InChI=1S/C31H27F2NO3.C31H25F2NO3.C25H23F2NO2.4H2S/c2*32-24-10-6-22(7-11-24)29(35)19-18-28-30(34(31(28)36)26-14-12-25(33)13-15-26)23-8-16-27(17-9-23)37-20-21-4-2-1-3-5-21;1-16-2-4-18(5-3-16)24-22(14-15-23(29)17-6-8-19(26)9-7-17)25(30)28(24)21-12-10-20(27)11-13-21;;;;/h1-17,28-30,35H,18-20H2;1-17,28,30H,18-20H2;2-13,22-24,29H,14-15H2,1H3;4*1H2/t28-,29+,30-;28-,30-;22-,23-,24-;;;;/m111..../s1. The molecule has 3 amide bonds. The Bertz CT molecular complexity index is 4690. The van der Waals surface area contributed by atoms with E-state index in [4.69, 9.17) is 9.47 Å². The lowest BCUT2D eigenvalue weighted by Gasteiger charge is -2.48. The number of carbonyl (C=O) groups is 4. The number of benzene rings is 11. The lowest BCUT2D eigenvalue weighted by Crippen LogP contribution is -2.55. The Morgan fingerprint density at radius 3 is 0.954 bits per heavy atom. The number of rotatable bonds is 24. The van der Waals surface area contributed by atoms with Crippen molar-refractivity contribution < 1.29 is 65.2 Å². The molecule has 0 unspecified atom stereocenters. The number of halogens is 6. The second kappa shape index (κ2) is 39.2. The zero-order valence-electron chi connectivity index (χ0n) is 58.8. The van der Waals surface area contributed by atoms with E-state index in [1.54, 1.807) is 75.4 Å². The molecule has 0 bridgehead atoms. The summed E-state index contributed by atoms with van der Waals surface area (Å²) in [5.74, 6) is -2.23. The first-order valence-electron chi connectivity index (χ1n) is 34.4. The Balaban J connectivity index is 0.000000202. The molecule has 8 atom stereocenters. The van der Waals surface area contributed by atoms with E-state index in [1.165, 1.54) is 84.9 Å². The van der Waals surface area contributed by atoms with Crippen molar-refractivity contribution in [3.63, 3.8) is 0 Å². The molecule has 11 aromatic carbocycles. The minimum absolute atomic E-state index is 0. The average molecular weight is 1540 g/mol. The van der Waals surface area contributed by atoms with Crippen molar-refractivity contribution >= 4 is 94.5 Å². The van der Waals surface area contributed by atoms with Crippen molar-refractivity contribution in [1.29, 1.82) is 0 Å². The van der Waals surface area contributed by atoms with Crippen molar-refractivity contribution in [1.82, 2.24) is 0 Å². The predicted molar refractivity (Wildman–Crippen MR) is 429 cm³/mol. The maximum absolute atomic E-state index is 13.5. The van der Waals surface area contributed by atoms with Gasteiger partial charge < -0.3 is 34.4 Å². The van der Waals surface area contributed by atoms with Gasteiger partial charge in [0.1, 0.15) is 59.6 Å². The number of aryl methyl sites for hydroxylation is 1. The highest BCUT2D eigenvalue weighted by atomic mass is 32.1. The molecule has 2 N–H and O–H groups in total. The van der Waals surface area contributed by atoms with Gasteiger partial charge in [0.2, 0.25) is 17.7 Å². The van der Waals surface area contributed by atoms with Gasteiger partial charge >= 0.3 is 0 Å². The molecule has 11 nitrogen and oxygen atoms in total. The summed E-state index contributed by atoms with van der Waals surface area (Å²) in [7, 11) is 0. The van der Waals surface area contributed by atoms with Gasteiger partial charge in [-0.2, -0.15) is 54.0 Å². The van der Waals surface area contributed by atoms with Crippen molar-refractivity contribution in [3.8, 4) is 11.5 Å². The molecule has 560 valence electrons. The molecule has 11 aromatic rings. The summed E-state index contributed by atoms with van der Waals surface area (Å²) in [5.41, 5.74) is 9.62. The van der Waals surface area contributed by atoms with Crippen LogP contribution in [0.5, 0.6) is 11.5 Å². The zero-order valence-corrected chi connectivity index (χ0v) is 62.8. The van der Waals surface area contributed by atoms with Gasteiger partial charge in [-0.3, -0.25) is 19.2 Å². The zero-order chi connectivity index (χ0) is 72.8. The highest BCUT2D eigenvalue weighted by Gasteiger charge is 2.51. The molecule has 14 rings (SSSR count). The molecule has 21 heteroatoms. The SMILES string of the molecule is Cc1ccc([C@@H]2[C@@H](CC[C@@H](O)c3ccc(F)cc3)C(=O)N2c2ccc(F)cc2)cc1.O=C(CC[C@H]1C(=O)N(c2ccc(F)cc2)[C@@H]1c1ccc(OCc2ccccc2)cc1)c1ccc(F)cc1.O=C1[C@H](CC[C@H](O)c2ccc(F)cc2)[C@@H](c2ccc(OCc3ccccc3)cc2)N1c1ccc(F)cc1.S.S.S.S. The van der Waals surface area contributed by atoms with Gasteiger partial charge in [-0.05, 0) is 224 Å². The Labute approximate surface area is 652 Å². The van der Waals surface area contributed by atoms with Crippen LogP contribution in [0.4, 0.5) is 43.4 Å². The minimum Gasteiger partial charge on any atom is -0.489 e. The number of hydrogen-bond acceptors (Lipinski definition) is 8. The Hall–Kier alpha value is -10.0. The van der Waals surface area contributed by atoms with Gasteiger partial charge in [0, 0.05) is 29.0 Å². The molecule has 0 aliphatic carbocycles. The summed E-state index contributed by atoms with van der Waals surface area (Å²) in [4.78, 5) is 57.1. The van der Waals surface area contributed by atoms with E-state index >= 15 is 0 Å². The molecule has 0 saturated carbocycles. The molecular formula is C87H83F6N3O8S4. The summed E-state index contributed by atoms with van der Waals surface area (Å²) >= 11 is 0. The first-order valence-corrected chi connectivity index (χ1v) is 34.4. The van der Waals surface area contributed by atoms with Crippen LogP contribution in [0.1, 0.15) is 124 Å². The van der Waals surface area contributed by atoms with Crippen LogP contribution < -0.4 is 24.2 Å². The predicted octanol–water partition coefficient (Wildman–Crippen LogP) is 19.6. The third-order valence-electron chi connectivity index (χ3n) is 19.2. The number of ketones is 1. The monoisotopic (exact) mass is 1540 g/mol. The van der Waals surface area contributed by atoms with Crippen LogP contribution in [-0.4, -0.2) is 33.7 Å². The summed E-state index contributed by atoms with van der Waals surface area (Å²) in [6.45, 7) is 2.90. The van der Waals surface area contributed by atoms with E-state index in [0.29, 0.717) is 84.8 Å². The van der Waals surface area contributed by atoms with Crippen molar-refractivity contribution in [2.24, 2.45) is 17.8 Å². The summed E-state index contributed by atoms with van der Waals surface area (Å²) in [6.07, 6.45) is 0.632. The van der Waals surface area contributed by atoms with Gasteiger partial charge in [-0.1, -0.05) is 139 Å². The molecule has 108 heavy (non-hydrogen) atoms. The summed E-state index contributed by atoms with van der Waals surface area (Å²) in [6, 6.07) is 76.8. The molecule has 3 aliphatic rings. The van der Waals surface area contributed by atoms with Crippen LogP contribution in [0.3, 0.4) is 0 Å². The lowest BCUT2D eigenvalue weighted by molar-refractivity contribution is -0.131. The van der Waals surface area contributed by atoms with Crippen LogP contribution in [0.25, 0.3) is 0 Å². The van der Waals surface area contributed by atoms with Crippen molar-refractivity contribution in [3.05, 3.63) is 364 Å². The number of aliphatic hydroxyl groups is 2. The second-order valence-electron chi connectivity index (χ2n) is 26.1. The van der Waals surface area contributed by atoms with Crippen LogP contribution >= 0.6 is 54.0 Å². The first kappa shape index (κ1) is 83.6. The molecule has 3 heterocycles. The fourth-order valence-corrected chi connectivity index (χ4v) is 13.5. The Morgan fingerprint density at radius 2 is 0.639 bits per heavy atom. The first-order chi connectivity index (χ1) is 50.4. The third kappa shape index (κ3) is 20.6. The van der Waals surface area contributed by atoms with Gasteiger partial charge in [0.25, 0.3) is 0 Å². The van der Waals surface area contributed by atoms with E-state index < -0.39 is 23.9 Å². The molecule has 3 aliphatic heterocycles. The summed E-state index contributed by atoms with van der Waals surface area (Å²) in [5, 5.41) is 21.1. The van der Waals surface area contributed by atoms with E-state index in [2.05, 4.69) is 0 Å². The Kier molecular flexibility index (Phi) is 30.4. The number of β-lactam (4-membered cyclic amide) rings is 3. The topological polar surface area (TPSA) is 137 Å². The van der Waals surface area contributed by atoms with Crippen LogP contribution in [0.15, 0.2) is 279 Å². The quantitative estimate of drug-likeness (QED) is 0.0347. The maximum Gasteiger partial charge on any atom is 0.233 e. The second-order valence-corrected chi connectivity index (χ2v) is 26.1. The number of amides is 3. The molecule has 3 fully saturated rings. The number of anilines is 3.